The summed E-state index contributed by atoms with van der Waals surface area (Å²) in [5.41, 5.74) is 11.1. The average molecular weight is 480 g/mol. The summed E-state index contributed by atoms with van der Waals surface area (Å²) in [6.07, 6.45) is 3.66. The van der Waals surface area contributed by atoms with Crippen molar-refractivity contribution in [3.8, 4) is 11.5 Å². The summed E-state index contributed by atoms with van der Waals surface area (Å²) in [5.74, 6) is 0.558. The van der Waals surface area contributed by atoms with Crippen molar-refractivity contribution in [2.75, 3.05) is 19.0 Å². The molecule has 0 saturated heterocycles. The van der Waals surface area contributed by atoms with Gasteiger partial charge < -0.3 is 20.5 Å². The largest absolute Gasteiger partial charge is 0.497 e. The summed E-state index contributed by atoms with van der Waals surface area (Å²) in [6, 6.07) is 22.4. The molecule has 5 rings (SSSR count). The van der Waals surface area contributed by atoms with E-state index in [0.717, 1.165) is 51.9 Å². The fourth-order valence-corrected chi connectivity index (χ4v) is 4.42. The van der Waals surface area contributed by atoms with E-state index in [1.54, 1.807) is 31.4 Å². The van der Waals surface area contributed by atoms with Crippen LogP contribution in [0.1, 0.15) is 33.6 Å². The Balaban J connectivity index is 1.48. The van der Waals surface area contributed by atoms with Gasteiger partial charge in [0.25, 0.3) is 11.8 Å². The summed E-state index contributed by atoms with van der Waals surface area (Å²) in [7, 11) is 1.65. The number of hydrogen-bond acceptors (Lipinski definition) is 5. The van der Waals surface area contributed by atoms with Gasteiger partial charge in [-0.05, 0) is 78.1 Å². The molecule has 4 aromatic rings. The van der Waals surface area contributed by atoms with Crippen LogP contribution >= 0.6 is 0 Å². The molecule has 0 spiro atoms. The van der Waals surface area contributed by atoms with Crippen molar-refractivity contribution < 1.29 is 19.1 Å². The fourth-order valence-electron chi connectivity index (χ4n) is 4.42. The quantitative estimate of drug-likeness (QED) is 0.395. The Bertz CT molecular complexity index is 1480. The molecule has 0 bridgehead atoms. The Kier molecular flexibility index (Phi) is 6.36. The first kappa shape index (κ1) is 23.1. The van der Waals surface area contributed by atoms with E-state index in [4.69, 9.17) is 20.2 Å². The van der Waals surface area contributed by atoms with Gasteiger partial charge in [-0.3, -0.25) is 9.59 Å². The van der Waals surface area contributed by atoms with Crippen LogP contribution in [0.3, 0.4) is 0 Å². The molecule has 3 N–H and O–H groups in total. The number of ether oxygens (including phenoxy) is 2. The van der Waals surface area contributed by atoms with Crippen molar-refractivity contribution in [1.82, 2.24) is 4.98 Å². The number of amides is 2. The minimum absolute atomic E-state index is 0.193. The number of anilines is 1. The predicted octanol–water partition coefficient (Wildman–Crippen LogP) is 4.85. The summed E-state index contributed by atoms with van der Waals surface area (Å²) >= 11 is 0. The Hall–Kier alpha value is -4.65. The lowest BCUT2D eigenvalue weighted by Crippen LogP contribution is -2.20. The smallest absolute Gasteiger partial charge is 0.256 e. The van der Waals surface area contributed by atoms with E-state index in [9.17, 15) is 9.59 Å². The summed E-state index contributed by atoms with van der Waals surface area (Å²) < 4.78 is 10.6. The molecule has 7 nitrogen and oxygen atoms in total. The summed E-state index contributed by atoms with van der Waals surface area (Å²) in [6.45, 7) is -0.201. The molecule has 0 radical (unpaired) electrons. The van der Waals surface area contributed by atoms with Crippen molar-refractivity contribution in [2.45, 2.75) is 12.8 Å². The highest BCUT2D eigenvalue weighted by Crippen LogP contribution is 2.38. The molecule has 2 amide bonds. The van der Waals surface area contributed by atoms with Crippen molar-refractivity contribution in [3.63, 3.8) is 0 Å². The molecule has 7 heteroatoms. The maximum Gasteiger partial charge on any atom is 0.256 e. The maximum absolute atomic E-state index is 13.6. The number of primary amides is 1. The van der Waals surface area contributed by atoms with Crippen LogP contribution in [0.15, 0.2) is 72.8 Å². The van der Waals surface area contributed by atoms with Crippen LogP contribution in [-0.4, -0.2) is 30.5 Å². The van der Waals surface area contributed by atoms with E-state index >= 15 is 0 Å². The van der Waals surface area contributed by atoms with Crippen LogP contribution in [-0.2, 0) is 11.2 Å². The number of pyridine rings is 1. The Labute approximate surface area is 208 Å². The minimum Gasteiger partial charge on any atom is -0.497 e. The van der Waals surface area contributed by atoms with Gasteiger partial charge in [0.15, 0.2) is 6.61 Å². The number of nitrogens with one attached hydrogen (secondary N) is 1. The van der Waals surface area contributed by atoms with Crippen molar-refractivity contribution in [2.24, 2.45) is 5.73 Å². The van der Waals surface area contributed by atoms with E-state index in [1.807, 2.05) is 48.5 Å². The third-order valence-electron chi connectivity index (χ3n) is 6.12. The van der Waals surface area contributed by atoms with Crippen LogP contribution in [0.2, 0.25) is 0 Å². The summed E-state index contributed by atoms with van der Waals surface area (Å²) in [4.78, 5) is 29.4. The van der Waals surface area contributed by atoms with Gasteiger partial charge in [-0.15, -0.1) is 0 Å². The number of aromatic nitrogens is 1. The minimum atomic E-state index is -0.550. The number of benzene rings is 3. The number of carbonyl (C=O) groups is 2. The van der Waals surface area contributed by atoms with Gasteiger partial charge in [0.05, 0.1) is 23.9 Å². The molecule has 1 aliphatic carbocycles. The molecular formula is C29H25N3O4. The van der Waals surface area contributed by atoms with E-state index in [2.05, 4.69) is 11.4 Å². The van der Waals surface area contributed by atoms with E-state index < -0.39 is 5.91 Å². The second kappa shape index (κ2) is 9.92. The average Bonchev–Trinajstić information content (AvgIpc) is 3.29. The van der Waals surface area contributed by atoms with E-state index in [1.165, 1.54) is 0 Å². The molecule has 1 aromatic heterocycles. The summed E-state index contributed by atoms with van der Waals surface area (Å²) in [5, 5.41) is 3.82. The molecule has 0 aliphatic heterocycles. The molecule has 0 atom stereocenters. The lowest BCUT2D eigenvalue weighted by molar-refractivity contribution is -0.119. The van der Waals surface area contributed by atoms with Crippen molar-refractivity contribution >= 4 is 40.1 Å². The van der Waals surface area contributed by atoms with Gasteiger partial charge in [0, 0.05) is 11.1 Å². The van der Waals surface area contributed by atoms with Gasteiger partial charge in [-0.25, -0.2) is 4.98 Å². The highest BCUT2D eigenvalue weighted by Gasteiger charge is 2.27. The third-order valence-corrected chi connectivity index (χ3v) is 6.12. The molecule has 180 valence electrons. The fraction of sp³-hybridized carbons (Fsp3) is 0.138. The molecular weight excluding hydrogens is 454 g/mol. The number of allylic oxidation sites excluding steroid dienone is 1. The number of methoxy groups -OCH3 is 1. The third kappa shape index (κ3) is 4.77. The molecule has 0 fully saturated rings. The van der Waals surface area contributed by atoms with Crippen molar-refractivity contribution in [3.05, 3.63) is 95.2 Å². The van der Waals surface area contributed by atoms with Gasteiger partial charge >= 0.3 is 0 Å². The molecule has 0 saturated carbocycles. The zero-order valence-electron chi connectivity index (χ0n) is 19.8. The zero-order valence-corrected chi connectivity index (χ0v) is 19.8. The second-order valence-electron chi connectivity index (χ2n) is 8.51. The number of nitrogens with zero attached hydrogens (tertiary/aromatic N) is 1. The second-order valence-corrected chi connectivity index (χ2v) is 8.51. The van der Waals surface area contributed by atoms with Crippen LogP contribution in [0.4, 0.5) is 5.69 Å². The predicted molar refractivity (Wildman–Crippen MR) is 140 cm³/mol. The SMILES string of the molecule is COc1ccc(/C=C2\CCc3c2nc2ccccc2c3C(=O)Nc2ccc(OCC(N)=O)cc2)cc1. The standard InChI is InChI=1S/C29H25N3O4/c1-35-21-11-6-18(7-12-21)16-19-8-15-24-27(23-4-2-3-5-25(23)32-28(19)24)29(34)31-20-9-13-22(14-10-20)36-17-26(30)33/h2-7,9-14,16H,8,15,17H2,1H3,(H2,30,33)(H,31,34)/b19-16+. The van der Waals surface area contributed by atoms with Gasteiger partial charge in [0.1, 0.15) is 11.5 Å². The Morgan fingerprint density at radius 2 is 1.69 bits per heavy atom. The van der Waals surface area contributed by atoms with Gasteiger partial charge in [-0.2, -0.15) is 0 Å². The number of rotatable bonds is 7. The normalized spacial score (nSPS) is 13.4. The number of nitrogens with two attached hydrogens (primary N) is 1. The highest BCUT2D eigenvalue weighted by atomic mass is 16.5. The number of para-hydroxylation sites is 1. The number of hydrogen-bond donors (Lipinski definition) is 2. The molecule has 0 unspecified atom stereocenters. The van der Waals surface area contributed by atoms with E-state index in [0.29, 0.717) is 17.0 Å². The highest BCUT2D eigenvalue weighted by molar-refractivity contribution is 6.14. The first-order valence-electron chi connectivity index (χ1n) is 11.6. The van der Waals surface area contributed by atoms with Crippen LogP contribution < -0.4 is 20.5 Å². The molecule has 1 heterocycles. The lowest BCUT2D eigenvalue weighted by Gasteiger charge is -2.13. The van der Waals surface area contributed by atoms with Crippen LogP contribution in [0.5, 0.6) is 11.5 Å². The molecule has 1 aliphatic rings. The lowest BCUT2D eigenvalue weighted by atomic mass is 9.99. The number of carbonyl (C=O) groups excluding carboxylic acids is 2. The Morgan fingerprint density at radius 1 is 0.972 bits per heavy atom. The van der Waals surface area contributed by atoms with Crippen LogP contribution in [0, 0.1) is 0 Å². The first-order chi connectivity index (χ1) is 17.5. The van der Waals surface area contributed by atoms with E-state index in [-0.39, 0.29) is 12.5 Å². The zero-order chi connectivity index (χ0) is 25.1. The maximum atomic E-state index is 13.6. The monoisotopic (exact) mass is 479 g/mol. The van der Waals surface area contributed by atoms with Gasteiger partial charge in [0.2, 0.25) is 0 Å². The Morgan fingerprint density at radius 3 is 2.42 bits per heavy atom. The molecule has 36 heavy (non-hydrogen) atoms. The van der Waals surface area contributed by atoms with Crippen LogP contribution in [0.25, 0.3) is 22.6 Å². The van der Waals surface area contributed by atoms with Gasteiger partial charge in [-0.1, -0.05) is 30.3 Å². The van der Waals surface area contributed by atoms with Crippen molar-refractivity contribution in [1.29, 1.82) is 0 Å². The first-order valence-corrected chi connectivity index (χ1v) is 11.6. The molecule has 3 aromatic carbocycles. The topological polar surface area (TPSA) is 104 Å². The number of fused-ring (bicyclic) bond motifs is 2.